The van der Waals surface area contributed by atoms with Crippen LogP contribution in [0.2, 0.25) is 0 Å². The van der Waals surface area contributed by atoms with Crippen LogP contribution in [0, 0.1) is 0 Å². The van der Waals surface area contributed by atoms with Crippen molar-refractivity contribution >= 4 is 16.6 Å². The highest BCUT2D eigenvalue weighted by Gasteiger charge is 2.22. The Morgan fingerprint density at radius 3 is 2.93 bits per heavy atom. The molecule has 2 aromatic rings. The molecule has 4 rings (SSSR count). The molecule has 1 atom stereocenters. The standard InChI is InChI=1S/C22H30FN3O2/c1-3-24-22-16-6-4-7-18(16)25-19-13-21(20(27-2)12-17(19)22)28-11-5-9-26-10-8-15(23)14-26/h12-13,15H,3-11,14H2,1-2H3,(H,24,25)/t15-/m1/s1. The van der Waals surface area contributed by atoms with Gasteiger partial charge in [-0.15, -0.1) is 0 Å². The number of aromatic nitrogens is 1. The molecule has 152 valence electrons. The van der Waals surface area contributed by atoms with Gasteiger partial charge in [0, 0.05) is 49.0 Å². The Balaban J connectivity index is 1.52. The highest BCUT2D eigenvalue weighted by molar-refractivity contribution is 5.96. The van der Waals surface area contributed by atoms with Crippen molar-refractivity contribution < 1.29 is 13.9 Å². The molecule has 1 aromatic heterocycles. The predicted molar refractivity (Wildman–Crippen MR) is 111 cm³/mol. The molecular formula is C22H30FN3O2. The smallest absolute Gasteiger partial charge is 0.163 e. The fraction of sp³-hybridized carbons (Fsp3) is 0.591. The lowest BCUT2D eigenvalue weighted by atomic mass is 10.1. The summed E-state index contributed by atoms with van der Waals surface area (Å²) in [5, 5.41) is 4.63. The highest BCUT2D eigenvalue weighted by Crippen LogP contribution is 2.39. The largest absolute Gasteiger partial charge is 0.493 e. The van der Waals surface area contributed by atoms with Gasteiger partial charge in [-0.2, -0.15) is 0 Å². The van der Waals surface area contributed by atoms with Crippen LogP contribution in [-0.4, -0.2) is 56.0 Å². The summed E-state index contributed by atoms with van der Waals surface area (Å²) >= 11 is 0. The zero-order valence-electron chi connectivity index (χ0n) is 16.9. The summed E-state index contributed by atoms with van der Waals surface area (Å²) in [4.78, 5) is 7.07. The molecule has 0 radical (unpaired) electrons. The molecule has 6 heteroatoms. The van der Waals surface area contributed by atoms with Crippen LogP contribution >= 0.6 is 0 Å². The first-order chi connectivity index (χ1) is 13.7. The fourth-order valence-corrected chi connectivity index (χ4v) is 4.38. The van der Waals surface area contributed by atoms with E-state index in [1.54, 1.807) is 7.11 Å². The molecule has 28 heavy (non-hydrogen) atoms. The number of hydrogen-bond donors (Lipinski definition) is 1. The van der Waals surface area contributed by atoms with Crippen molar-refractivity contribution in [1.82, 2.24) is 9.88 Å². The van der Waals surface area contributed by atoms with E-state index in [1.165, 1.54) is 16.9 Å². The number of aryl methyl sites for hydroxylation is 1. The van der Waals surface area contributed by atoms with E-state index >= 15 is 0 Å². The second-order valence-corrected chi connectivity index (χ2v) is 7.70. The Morgan fingerprint density at radius 1 is 1.29 bits per heavy atom. The zero-order valence-corrected chi connectivity index (χ0v) is 16.9. The monoisotopic (exact) mass is 387 g/mol. The van der Waals surface area contributed by atoms with Gasteiger partial charge in [0.05, 0.1) is 19.2 Å². The van der Waals surface area contributed by atoms with Gasteiger partial charge in [-0.25, -0.2) is 4.39 Å². The van der Waals surface area contributed by atoms with E-state index in [2.05, 4.69) is 17.1 Å². The maximum absolute atomic E-state index is 13.3. The second-order valence-electron chi connectivity index (χ2n) is 7.70. The number of methoxy groups -OCH3 is 1. The van der Waals surface area contributed by atoms with Crippen molar-refractivity contribution in [3.63, 3.8) is 0 Å². The normalized spacial score (nSPS) is 19.2. The molecule has 2 aliphatic rings. The average Bonchev–Trinajstić information content (AvgIpc) is 3.33. The minimum Gasteiger partial charge on any atom is -0.493 e. The quantitative estimate of drug-likeness (QED) is 0.695. The topological polar surface area (TPSA) is 46.6 Å². The van der Waals surface area contributed by atoms with Gasteiger partial charge in [-0.05, 0) is 50.7 Å². The lowest BCUT2D eigenvalue weighted by molar-refractivity contribution is 0.243. The number of anilines is 1. The van der Waals surface area contributed by atoms with E-state index < -0.39 is 6.17 Å². The second kappa shape index (κ2) is 8.52. The maximum atomic E-state index is 13.3. The number of alkyl halides is 1. The van der Waals surface area contributed by atoms with Gasteiger partial charge >= 0.3 is 0 Å². The molecular weight excluding hydrogens is 357 g/mol. The van der Waals surface area contributed by atoms with Crippen molar-refractivity contribution in [1.29, 1.82) is 0 Å². The first kappa shape index (κ1) is 19.2. The van der Waals surface area contributed by atoms with Gasteiger partial charge < -0.3 is 19.7 Å². The van der Waals surface area contributed by atoms with Gasteiger partial charge in [0.2, 0.25) is 0 Å². The number of nitrogens with zero attached hydrogens (tertiary/aromatic N) is 2. The number of likely N-dealkylation sites (tertiary alicyclic amines) is 1. The first-order valence-electron chi connectivity index (χ1n) is 10.5. The lowest BCUT2D eigenvalue weighted by Gasteiger charge is -2.18. The van der Waals surface area contributed by atoms with Crippen LogP contribution in [0.5, 0.6) is 11.5 Å². The van der Waals surface area contributed by atoms with Crippen molar-refractivity contribution in [3.05, 3.63) is 23.4 Å². The van der Waals surface area contributed by atoms with Crippen molar-refractivity contribution in [2.24, 2.45) is 0 Å². The van der Waals surface area contributed by atoms with E-state index in [0.717, 1.165) is 67.7 Å². The molecule has 1 fully saturated rings. The van der Waals surface area contributed by atoms with Gasteiger partial charge in [0.1, 0.15) is 6.17 Å². The molecule has 5 nitrogen and oxygen atoms in total. The summed E-state index contributed by atoms with van der Waals surface area (Å²) in [6, 6.07) is 4.05. The summed E-state index contributed by atoms with van der Waals surface area (Å²) in [5.74, 6) is 1.46. The van der Waals surface area contributed by atoms with Crippen LogP contribution < -0.4 is 14.8 Å². The van der Waals surface area contributed by atoms with Crippen LogP contribution in [0.15, 0.2) is 12.1 Å². The van der Waals surface area contributed by atoms with Crippen LogP contribution in [0.1, 0.15) is 37.4 Å². The molecule has 0 amide bonds. The first-order valence-corrected chi connectivity index (χ1v) is 10.5. The van der Waals surface area contributed by atoms with E-state index in [4.69, 9.17) is 14.5 Å². The Hall–Kier alpha value is -2.08. The summed E-state index contributed by atoms with van der Waals surface area (Å²) in [6.07, 6.45) is 4.14. The van der Waals surface area contributed by atoms with Crippen LogP contribution in [-0.2, 0) is 12.8 Å². The van der Waals surface area contributed by atoms with Gasteiger partial charge in [-0.3, -0.25) is 4.98 Å². The highest BCUT2D eigenvalue weighted by atomic mass is 19.1. The van der Waals surface area contributed by atoms with Crippen LogP contribution in [0.25, 0.3) is 10.9 Å². The third kappa shape index (κ3) is 3.88. The average molecular weight is 387 g/mol. The van der Waals surface area contributed by atoms with Crippen molar-refractivity contribution in [2.45, 2.75) is 45.2 Å². The lowest BCUT2D eigenvalue weighted by Crippen LogP contribution is -2.23. The van der Waals surface area contributed by atoms with E-state index in [1.807, 2.05) is 12.1 Å². The summed E-state index contributed by atoms with van der Waals surface area (Å²) in [5.41, 5.74) is 4.70. The molecule has 0 unspecified atom stereocenters. The van der Waals surface area contributed by atoms with E-state index in [-0.39, 0.29) is 0 Å². The Labute approximate surface area is 166 Å². The molecule has 0 bridgehead atoms. The van der Waals surface area contributed by atoms with Crippen LogP contribution in [0.4, 0.5) is 10.1 Å². The van der Waals surface area contributed by atoms with E-state index in [0.29, 0.717) is 19.6 Å². The SMILES string of the molecule is CCNc1c2c(nc3cc(OCCCN4CC[C@@H](F)C4)c(OC)cc13)CCC2. The third-order valence-corrected chi connectivity index (χ3v) is 5.74. The molecule has 1 saturated heterocycles. The number of nitrogens with one attached hydrogen (secondary N) is 1. The van der Waals surface area contributed by atoms with Crippen molar-refractivity contribution in [3.8, 4) is 11.5 Å². The number of ether oxygens (including phenoxy) is 2. The summed E-state index contributed by atoms with van der Waals surface area (Å²) < 4.78 is 24.9. The third-order valence-electron chi connectivity index (χ3n) is 5.74. The Kier molecular flexibility index (Phi) is 5.85. The maximum Gasteiger partial charge on any atom is 0.163 e. The molecule has 1 aromatic carbocycles. The van der Waals surface area contributed by atoms with Gasteiger partial charge in [0.25, 0.3) is 0 Å². The molecule has 1 aliphatic carbocycles. The van der Waals surface area contributed by atoms with Crippen molar-refractivity contribution in [2.75, 3.05) is 45.2 Å². The minimum atomic E-state index is -0.666. The minimum absolute atomic E-state index is 0.557. The Bertz CT molecular complexity index is 842. The predicted octanol–water partition coefficient (Wildman–Crippen LogP) is 3.98. The number of rotatable bonds is 8. The molecule has 1 aliphatic heterocycles. The number of fused-ring (bicyclic) bond motifs is 2. The Morgan fingerprint density at radius 2 is 2.18 bits per heavy atom. The molecule has 0 spiro atoms. The summed E-state index contributed by atoms with van der Waals surface area (Å²) in [6.45, 7) is 5.85. The zero-order chi connectivity index (χ0) is 19.5. The number of halogens is 1. The molecule has 2 heterocycles. The van der Waals surface area contributed by atoms with Gasteiger partial charge in [0.15, 0.2) is 11.5 Å². The molecule has 1 N–H and O–H groups in total. The van der Waals surface area contributed by atoms with Crippen LogP contribution in [0.3, 0.4) is 0 Å². The number of benzene rings is 1. The van der Waals surface area contributed by atoms with E-state index in [9.17, 15) is 4.39 Å². The molecule has 0 saturated carbocycles. The number of hydrogen-bond acceptors (Lipinski definition) is 5. The summed E-state index contributed by atoms with van der Waals surface area (Å²) in [7, 11) is 1.67. The fourth-order valence-electron chi connectivity index (χ4n) is 4.38. The van der Waals surface area contributed by atoms with Gasteiger partial charge in [-0.1, -0.05) is 0 Å². The number of pyridine rings is 1.